The minimum atomic E-state index is -4.92. The van der Waals surface area contributed by atoms with Crippen LogP contribution in [0.1, 0.15) is 42.9 Å². The number of nitrogens with one attached hydrogen (secondary N) is 2. The van der Waals surface area contributed by atoms with Crippen LogP contribution in [-0.4, -0.2) is 81.9 Å². The van der Waals surface area contributed by atoms with Crippen LogP contribution in [0.25, 0.3) is 16.5 Å². The molecule has 0 spiro atoms. The largest absolute Gasteiger partial charge is 0.508 e. The van der Waals surface area contributed by atoms with Gasteiger partial charge in [-0.05, 0) is 44.3 Å². The van der Waals surface area contributed by atoms with Gasteiger partial charge in [0, 0.05) is 55.5 Å². The van der Waals surface area contributed by atoms with E-state index in [1.807, 2.05) is 0 Å². The third kappa shape index (κ3) is 5.03. The van der Waals surface area contributed by atoms with Gasteiger partial charge in [-0.25, -0.2) is 9.37 Å². The molecule has 0 aliphatic carbocycles. The highest BCUT2D eigenvalue weighted by Crippen LogP contribution is 2.43. The second-order valence-corrected chi connectivity index (χ2v) is 12.6. The molecule has 5 atom stereocenters. The van der Waals surface area contributed by atoms with E-state index in [0.29, 0.717) is 28.7 Å². The summed E-state index contributed by atoms with van der Waals surface area (Å²) in [5.41, 5.74) is -2.66. The summed E-state index contributed by atoms with van der Waals surface area (Å²) in [4.78, 5) is 21.0. The zero-order chi connectivity index (χ0) is 30.1. The number of aromatic hydroxyl groups is 1. The fourth-order valence-corrected chi connectivity index (χ4v) is 7.86. The fourth-order valence-electron chi connectivity index (χ4n) is 7.55. The number of nitrogens with zero attached hydrogens (tertiary/aromatic N) is 4. The van der Waals surface area contributed by atoms with Gasteiger partial charge in [0.25, 0.3) is 5.56 Å². The first-order chi connectivity index (χ1) is 20.5. The van der Waals surface area contributed by atoms with Crippen LogP contribution < -0.4 is 20.9 Å². The number of ether oxygens (including phenoxy) is 1. The van der Waals surface area contributed by atoms with E-state index in [1.54, 1.807) is 0 Å². The fraction of sp³-hybridized carbons (Fsp3) is 0.552. The molecule has 2 aromatic heterocycles. The molecule has 3 unspecified atom stereocenters. The molecule has 3 N–H and O–H groups in total. The smallest absolute Gasteiger partial charge is 0.419 e. The Bertz CT molecular complexity index is 1630. The summed E-state index contributed by atoms with van der Waals surface area (Å²) in [5.74, 6) is -0.293. The van der Waals surface area contributed by atoms with Crippen molar-refractivity contribution in [1.82, 2.24) is 30.3 Å². The highest BCUT2D eigenvalue weighted by molar-refractivity contribution is 6.31. The van der Waals surface area contributed by atoms with Gasteiger partial charge in [-0.15, -0.1) is 0 Å². The van der Waals surface area contributed by atoms with Gasteiger partial charge in [-0.1, -0.05) is 11.6 Å². The van der Waals surface area contributed by atoms with Gasteiger partial charge < -0.3 is 20.5 Å². The molecule has 0 amide bonds. The van der Waals surface area contributed by atoms with Crippen LogP contribution in [-0.2, 0) is 6.18 Å². The van der Waals surface area contributed by atoms with Gasteiger partial charge >= 0.3 is 6.18 Å². The van der Waals surface area contributed by atoms with Crippen LogP contribution in [0, 0.1) is 5.92 Å². The summed E-state index contributed by atoms with van der Waals surface area (Å²) >= 11 is 5.91. The van der Waals surface area contributed by atoms with Gasteiger partial charge in [0.1, 0.15) is 24.1 Å². The number of pyridine rings is 1. The quantitative estimate of drug-likeness (QED) is 0.370. The molecule has 8 rings (SSSR count). The summed E-state index contributed by atoms with van der Waals surface area (Å²) < 4.78 is 63.5. The van der Waals surface area contributed by atoms with E-state index < -0.39 is 45.5 Å². The molecular weight excluding hydrogens is 592 g/mol. The molecule has 14 heteroatoms. The number of hydrogen-bond acceptors (Lipinski definition) is 8. The van der Waals surface area contributed by atoms with Gasteiger partial charge in [-0.2, -0.15) is 23.0 Å². The predicted molar refractivity (Wildman–Crippen MR) is 151 cm³/mol. The standard InChI is InChI=1S/C29H31ClF4N6O3/c30-22-5-18(41)6-23(25(22)29(32,33)34)40-27(42)20-7-24(43-14-28-2-1-3-39(28)13-16(31)8-28)38-26(21(20)12-37-40)19-4-17-11-35-9-15(19)10-36-17/h5-7,12,15-17,19,35-36,41H,1-4,8-11,13-14H2/t15?,16-,17?,19?,28+/m1/s1. The van der Waals surface area contributed by atoms with Crippen LogP contribution in [0.4, 0.5) is 17.6 Å². The second kappa shape index (κ2) is 10.6. The number of alkyl halides is 4. The third-order valence-corrected chi connectivity index (χ3v) is 9.83. The van der Waals surface area contributed by atoms with Crippen LogP contribution in [0.15, 0.2) is 29.2 Å². The van der Waals surface area contributed by atoms with Gasteiger partial charge in [0.15, 0.2) is 0 Å². The lowest BCUT2D eigenvalue weighted by atomic mass is 9.81. The number of phenolic OH excluding ortho intramolecular Hbond substituents is 1. The molecule has 5 fully saturated rings. The van der Waals surface area contributed by atoms with Crippen LogP contribution in [0.5, 0.6) is 11.6 Å². The first-order valence-electron chi connectivity index (χ1n) is 14.5. The Hall–Kier alpha value is -3.00. The van der Waals surface area contributed by atoms with Gasteiger partial charge in [0.2, 0.25) is 5.88 Å². The SMILES string of the molecule is O=c1c2cc(OC[C@@]34CCCN3C[C@H](F)C4)nc(C3CC4CNCC3CN4)c2cnn1-c1cc(O)cc(Cl)c1C(F)(F)F. The average molecular weight is 623 g/mol. The minimum absolute atomic E-state index is 0.0619. The molecule has 230 valence electrons. The van der Waals surface area contributed by atoms with Crippen LogP contribution in [0.2, 0.25) is 5.02 Å². The summed E-state index contributed by atoms with van der Waals surface area (Å²) in [6.07, 6.45) is -1.70. The van der Waals surface area contributed by atoms with Crippen molar-refractivity contribution in [3.63, 3.8) is 0 Å². The molecule has 3 aromatic rings. The van der Waals surface area contributed by atoms with Crippen molar-refractivity contribution in [1.29, 1.82) is 0 Å². The molecule has 2 bridgehead atoms. The van der Waals surface area contributed by atoms with Crippen molar-refractivity contribution in [2.75, 3.05) is 39.3 Å². The molecule has 0 radical (unpaired) electrons. The van der Waals surface area contributed by atoms with Crippen molar-refractivity contribution < 1.29 is 27.4 Å². The maximum atomic E-state index is 14.4. The highest BCUT2D eigenvalue weighted by atomic mass is 35.5. The van der Waals surface area contributed by atoms with E-state index in [-0.39, 0.29) is 35.8 Å². The molecule has 5 aliphatic heterocycles. The molecular formula is C29H31ClF4N6O3. The number of aromatic nitrogens is 3. The highest BCUT2D eigenvalue weighted by Gasteiger charge is 2.49. The summed E-state index contributed by atoms with van der Waals surface area (Å²) in [5, 5.41) is 21.0. The Morgan fingerprint density at radius 1 is 1.19 bits per heavy atom. The van der Waals surface area contributed by atoms with Crippen LogP contribution in [0.3, 0.4) is 0 Å². The molecule has 1 aromatic carbocycles. The van der Waals surface area contributed by atoms with E-state index in [1.165, 1.54) is 12.3 Å². The minimum Gasteiger partial charge on any atom is -0.508 e. The van der Waals surface area contributed by atoms with E-state index in [4.69, 9.17) is 21.3 Å². The van der Waals surface area contributed by atoms with Crippen molar-refractivity contribution in [3.05, 3.63) is 51.0 Å². The predicted octanol–water partition coefficient (Wildman–Crippen LogP) is 3.78. The molecule has 9 nitrogen and oxygen atoms in total. The van der Waals surface area contributed by atoms with Crippen molar-refractivity contribution in [2.24, 2.45) is 5.92 Å². The Kier molecular flexibility index (Phi) is 7.07. The first kappa shape index (κ1) is 28.8. The lowest BCUT2D eigenvalue weighted by Crippen LogP contribution is -2.43. The molecule has 43 heavy (non-hydrogen) atoms. The number of rotatable bonds is 5. The number of benzene rings is 1. The molecule has 7 heterocycles. The maximum absolute atomic E-state index is 14.4. The Balaban J connectivity index is 1.37. The van der Waals surface area contributed by atoms with Crippen molar-refractivity contribution in [2.45, 2.75) is 55.5 Å². The normalized spacial score (nSPS) is 29.2. The number of hydrogen-bond donors (Lipinski definition) is 3. The lowest BCUT2D eigenvalue weighted by molar-refractivity contribution is -0.137. The maximum Gasteiger partial charge on any atom is 0.419 e. The lowest BCUT2D eigenvalue weighted by Gasteiger charge is -2.34. The molecule has 5 saturated heterocycles. The Labute approximate surface area is 249 Å². The Morgan fingerprint density at radius 3 is 2.84 bits per heavy atom. The van der Waals surface area contributed by atoms with E-state index in [0.717, 1.165) is 57.6 Å². The average Bonchev–Trinajstić information content (AvgIpc) is 3.26. The third-order valence-electron chi connectivity index (χ3n) is 9.53. The Morgan fingerprint density at radius 2 is 2.02 bits per heavy atom. The second-order valence-electron chi connectivity index (χ2n) is 12.2. The van der Waals surface area contributed by atoms with Crippen LogP contribution >= 0.6 is 11.6 Å². The number of fused-ring (bicyclic) bond motifs is 6. The van der Waals surface area contributed by atoms with E-state index >= 15 is 0 Å². The molecule has 5 aliphatic rings. The van der Waals surface area contributed by atoms with Crippen molar-refractivity contribution >= 4 is 22.4 Å². The van der Waals surface area contributed by atoms with Crippen molar-refractivity contribution in [3.8, 4) is 17.3 Å². The number of piperidine rings is 1. The van der Waals surface area contributed by atoms with E-state index in [2.05, 4.69) is 20.6 Å². The zero-order valence-electron chi connectivity index (χ0n) is 23.1. The monoisotopic (exact) mass is 622 g/mol. The first-order valence-corrected chi connectivity index (χ1v) is 14.9. The topological polar surface area (TPSA) is 105 Å². The summed E-state index contributed by atoms with van der Waals surface area (Å²) in [6.45, 7) is 3.59. The zero-order valence-corrected chi connectivity index (χ0v) is 23.9. The number of phenols is 1. The number of halogens is 5. The summed E-state index contributed by atoms with van der Waals surface area (Å²) in [7, 11) is 0. The molecule has 0 saturated carbocycles. The van der Waals surface area contributed by atoms with Gasteiger partial charge in [-0.3, -0.25) is 9.69 Å². The summed E-state index contributed by atoms with van der Waals surface area (Å²) in [6, 6.07) is 3.21. The van der Waals surface area contributed by atoms with E-state index in [9.17, 15) is 27.5 Å². The van der Waals surface area contributed by atoms with Gasteiger partial charge in [0.05, 0.1) is 33.5 Å².